The summed E-state index contributed by atoms with van der Waals surface area (Å²) in [4.78, 5) is 4.36. The van der Waals surface area contributed by atoms with Crippen molar-refractivity contribution in [2.24, 2.45) is 7.05 Å². The maximum absolute atomic E-state index is 6.08. The minimum Gasteiger partial charge on any atom is -0.396 e. The Labute approximate surface area is 131 Å². The first-order valence-corrected chi connectivity index (χ1v) is 7.40. The molecule has 0 spiro atoms. The van der Waals surface area contributed by atoms with Gasteiger partial charge in [-0.05, 0) is 25.1 Å². The molecule has 2 aromatic heterocycles. The van der Waals surface area contributed by atoms with Crippen molar-refractivity contribution < 1.29 is 0 Å². The predicted octanol–water partition coefficient (Wildman–Crippen LogP) is 3.23. The number of nitrogens with two attached hydrogens (primary N) is 1. The average Bonchev–Trinajstić information content (AvgIpc) is 2.78. The highest BCUT2D eigenvalue weighted by atomic mass is 79.9. The molecule has 0 atom stereocenters. The van der Waals surface area contributed by atoms with Gasteiger partial charge >= 0.3 is 0 Å². The van der Waals surface area contributed by atoms with E-state index in [0.29, 0.717) is 12.2 Å². The third-order valence-electron chi connectivity index (χ3n) is 3.65. The number of halogens is 1. The molecule has 0 radical (unpaired) electrons. The lowest BCUT2D eigenvalue weighted by atomic mass is 10.1. The van der Waals surface area contributed by atoms with Crippen LogP contribution in [0, 0.1) is 6.92 Å². The van der Waals surface area contributed by atoms with Crippen LogP contribution < -0.4 is 11.1 Å². The number of pyridine rings is 1. The number of nitrogens with one attached hydrogen (secondary N) is 1. The van der Waals surface area contributed by atoms with Gasteiger partial charge in [-0.2, -0.15) is 5.10 Å². The van der Waals surface area contributed by atoms with E-state index < -0.39 is 0 Å². The zero-order valence-corrected chi connectivity index (χ0v) is 13.5. The Kier molecular flexibility index (Phi) is 3.55. The third-order valence-corrected chi connectivity index (χ3v) is 4.15. The quantitative estimate of drug-likeness (QED) is 0.764. The van der Waals surface area contributed by atoms with Crippen molar-refractivity contribution in [2.45, 2.75) is 13.5 Å². The Morgan fingerprint density at radius 2 is 2.14 bits per heavy atom. The second-order valence-corrected chi connectivity index (χ2v) is 5.90. The number of rotatable bonds is 3. The lowest BCUT2D eigenvalue weighted by molar-refractivity contribution is 0.738. The largest absolute Gasteiger partial charge is 0.396 e. The Morgan fingerprint density at radius 1 is 1.33 bits per heavy atom. The van der Waals surface area contributed by atoms with E-state index in [1.54, 1.807) is 6.20 Å². The molecule has 6 heteroatoms. The van der Waals surface area contributed by atoms with Crippen molar-refractivity contribution in [1.82, 2.24) is 14.8 Å². The van der Waals surface area contributed by atoms with Gasteiger partial charge in [-0.3, -0.25) is 9.67 Å². The number of aromatic nitrogens is 3. The van der Waals surface area contributed by atoms with Gasteiger partial charge in [-0.15, -0.1) is 0 Å². The van der Waals surface area contributed by atoms with E-state index in [4.69, 9.17) is 5.73 Å². The molecule has 0 aliphatic rings. The van der Waals surface area contributed by atoms with Gasteiger partial charge in [0.2, 0.25) is 0 Å². The number of hydrogen-bond donors (Lipinski definition) is 2. The smallest absolute Gasteiger partial charge is 0.0743 e. The molecule has 0 bridgehead atoms. The van der Waals surface area contributed by atoms with E-state index in [1.807, 2.05) is 36.1 Å². The molecule has 5 nitrogen and oxygen atoms in total. The van der Waals surface area contributed by atoms with E-state index in [1.165, 1.54) is 0 Å². The van der Waals surface area contributed by atoms with Crippen molar-refractivity contribution in [3.8, 4) is 0 Å². The topological polar surface area (TPSA) is 68.8 Å². The molecule has 1 aromatic carbocycles. The van der Waals surface area contributed by atoms with Crippen LogP contribution in [0.25, 0.3) is 10.9 Å². The molecule has 0 aliphatic heterocycles. The lowest BCUT2D eigenvalue weighted by Gasteiger charge is -2.12. The number of nitrogens with zero attached hydrogens (tertiary/aromatic N) is 3. The van der Waals surface area contributed by atoms with Crippen LogP contribution in [0.5, 0.6) is 0 Å². The minimum absolute atomic E-state index is 0.641. The molecule has 0 unspecified atom stereocenters. The van der Waals surface area contributed by atoms with Crippen LogP contribution in [0.15, 0.2) is 35.1 Å². The summed E-state index contributed by atoms with van der Waals surface area (Å²) in [7, 11) is 1.94. The van der Waals surface area contributed by atoms with Gasteiger partial charge in [0.1, 0.15) is 0 Å². The summed E-state index contributed by atoms with van der Waals surface area (Å²) in [5, 5.41) is 8.67. The first kappa shape index (κ1) is 13.9. The number of aryl methyl sites for hydroxylation is 1. The summed E-state index contributed by atoms with van der Waals surface area (Å²) in [6.07, 6.45) is 3.56. The highest BCUT2D eigenvalue weighted by molar-refractivity contribution is 9.10. The number of benzene rings is 1. The summed E-state index contributed by atoms with van der Waals surface area (Å²) < 4.78 is 2.87. The molecule has 21 heavy (non-hydrogen) atoms. The normalized spacial score (nSPS) is 11.0. The second-order valence-electron chi connectivity index (χ2n) is 4.98. The maximum atomic E-state index is 6.08. The molecule has 2 heterocycles. The SMILES string of the molecule is Cc1c(CNc2c(N)cnc3ccc(Br)cc23)cnn1C. The van der Waals surface area contributed by atoms with Crippen LogP contribution in [0.2, 0.25) is 0 Å². The van der Waals surface area contributed by atoms with Gasteiger partial charge in [0.05, 0.1) is 29.3 Å². The van der Waals surface area contributed by atoms with Crippen molar-refractivity contribution >= 4 is 38.2 Å². The summed E-state index contributed by atoms with van der Waals surface area (Å²) in [6.45, 7) is 2.73. The Balaban J connectivity index is 1.98. The fourth-order valence-electron chi connectivity index (χ4n) is 2.28. The third kappa shape index (κ3) is 2.58. The van der Waals surface area contributed by atoms with Gasteiger partial charge in [-0.25, -0.2) is 0 Å². The number of hydrogen-bond acceptors (Lipinski definition) is 4. The Morgan fingerprint density at radius 3 is 2.86 bits per heavy atom. The Hall–Kier alpha value is -2.08. The van der Waals surface area contributed by atoms with Gasteiger partial charge in [0.25, 0.3) is 0 Å². The van der Waals surface area contributed by atoms with Gasteiger partial charge in [0, 0.05) is 34.7 Å². The van der Waals surface area contributed by atoms with Crippen LogP contribution in [0.3, 0.4) is 0 Å². The number of fused-ring (bicyclic) bond motifs is 1. The lowest BCUT2D eigenvalue weighted by Crippen LogP contribution is -2.05. The van der Waals surface area contributed by atoms with Gasteiger partial charge in [-0.1, -0.05) is 15.9 Å². The minimum atomic E-state index is 0.641. The standard InChI is InChI=1S/C15H16BrN5/c1-9-10(7-20-21(9)2)6-19-15-12-5-11(16)3-4-14(12)18-8-13(15)17/h3-5,7-8H,6,17H2,1-2H3,(H,18,19). The molecule has 0 amide bonds. The van der Waals surface area contributed by atoms with Crippen molar-refractivity contribution in [1.29, 1.82) is 0 Å². The van der Waals surface area contributed by atoms with Crippen LogP contribution in [-0.2, 0) is 13.6 Å². The fraction of sp³-hybridized carbons (Fsp3) is 0.200. The number of anilines is 2. The first-order valence-electron chi connectivity index (χ1n) is 6.61. The number of nitrogen functional groups attached to an aromatic ring is 1. The first-order chi connectivity index (χ1) is 10.1. The van der Waals surface area contributed by atoms with Crippen molar-refractivity contribution in [3.63, 3.8) is 0 Å². The van der Waals surface area contributed by atoms with Crippen LogP contribution in [0.1, 0.15) is 11.3 Å². The molecule has 0 saturated carbocycles. The van der Waals surface area contributed by atoms with Crippen LogP contribution >= 0.6 is 15.9 Å². The predicted molar refractivity (Wildman–Crippen MR) is 89.1 cm³/mol. The Bertz CT molecular complexity index is 804. The molecule has 3 N–H and O–H groups in total. The van der Waals surface area contributed by atoms with Gasteiger partial charge < -0.3 is 11.1 Å². The zero-order valence-electron chi connectivity index (χ0n) is 11.9. The second kappa shape index (κ2) is 5.37. The molecular formula is C15H16BrN5. The van der Waals surface area contributed by atoms with Crippen LogP contribution in [0.4, 0.5) is 11.4 Å². The molecule has 0 fully saturated rings. The summed E-state index contributed by atoms with van der Waals surface area (Å²) in [5.41, 5.74) is 10.8. The monoisotopic (exact) mass is 345 g/mol. The highest BCUT2D eigenvalue weighted by Gasteiger charge is 2.09. The molecule has 108 valence electrons. The maximum Gasteiger partial charge on any atom is 0.0743 e. The van der Waals surface area contributed by atoms with E-state index in [0.717, 1.165) is 32.3 Å². The van der Waals surface area contributed by atoms with Crippen LogP contribution in [-0.4, -0.2) is 14.8 Å². The summed E-state index contributed by atoms with van der Waals surface area (Å²) in [6, 6.07) is 5.97. The summed E-state index contributed by atoms with van der Waals surface area (Å²) in [5.74, 6) is 0. The van der Waals surface area contributed by atoms with Gasteiger partial charge in [0.15, 0.2) is 0 Å². The van der Waals surface area contributed by atoms with Crippen molar-refractivity contribution in [3.05, 3.63) is 46.3 Å². The highest BCUT2D eigenvalue weighted by Crippen LogP contribution is 2.30. The van der Waals surface area contributed by atoms with Crippen molar-refractivity contribution in [2.75, 3.05) is 11.1 Å². The van der Waals surface area contributed by atoms with E-state index >= 15 is 0 Å². The molecule has 3 rings (SSSR count). The molecular weight excluding hydrogens is 330 g/mol. The molecule has 0 aliphatic carbocycles. The van der Waals surface area contributed by atoms with E-state index in [9.17, 15) is 0 Å². The summed E-state index contributed by atoms with van der Waals surface area (Å²) >= 11 is 3.49. The molecule has 3 aromatic rings. The molecule has 0 saturated heterocycles. The average molecular weight is 346 g/mol. The zero-order chi connectivity index (χ0) is 15.0. The fourth-order valence-corrected chi connectivity index (χ4v) is 2.64. The van der Waals surface area contributed by atoms with E-state index in [2.05, 4.69) is 38.3 Å². The van der Waals surface area contributed by atoms with E-state index in [-0.39, 0.29) is 0 Å².